The first kappa shape index (κ1) is 20.4. The molecule has 9 nitrogen and oxygen atoms in total. The van der Waals surface area contributed by atoms with E-state index in [1.165, 1.54) is 0 Å². The van der Waals surface area contributed by atoms with Gasteiger partial charge in [0.05, 0.1) is 30.2 Å². The van der Waals surface area contributed by atoms with E-state index in [2.05, 4.69) is 15.0 Å². The number of aromatic nitrogens is 5. The molecule has 3 aromatic heterocycles. The van der Waals surface area contributed by atoms with Crippen LogP contribution in [0.15, 0.2) is 36.9 Å². The summed E-state index contributed by atoms with van der Waals surface area (Å²) in [6.07, 6.45) is 9.74. The third-order valence-electron chi connectivity index (χ3n) is 5.92. The molecular weight excluding hydrogens is 406 g/mol. The summed E-state index contributed by atoms with van der Waals surface area (Å²) >= 11 is 0. The Kier molecular flexibility index (Phi) is 5.46. The molecule has 0 atom stereocenters. The molecule has 5 heterocycles. The number of pyridine rings is 1. The molecule has 9 heteroatoms. The van der Waals surface area contributed by atoms with Crippen LogP contribution in [0.4, 0.5) is 5.95 Å². The molecule has 1 fully saturated rings. The fraction of sp³-hybridized carbons (Fsp3) is 0.435. The van der Waals surface area contributed by atoms with Gasteiger partial charge in [-0.2, -0.15) is 10.1 Å². The minimum absolute atomic E-state index is 0.0291. The summed E-state index contributed by atoms with van der Waals surface area (Å²) in [5, 5.41) is 4.31. The Balaban J connectivity index is 1.45. The number of anilines is 1. The van der Waals surface area contributed by atoms with Gasteiger partial charge in [0.1, 0.15) is 5.75 Å². The van der Waals surface area contributed by atoms with Crippen molar-refractivity contribution in [2.75, 3.05) is 24.5 Å². The number of hydrogen-bond acceptors (Lipinski definition) is 7. The zero-order valence-electron chi connectivity index (χ0n) is 18.4. The third kappa shape index (κ3) is 4.02. The molecule has 0 aliphatic carbocycles. The van der Waals surface area contributed by atoms with Gasteiger partial charge in [-0.05, 0) is 45.2 Å². The van der Waals surface area contributed by atoms with Gasteiger partial charge in [-0.15, -0.1) is 0 Å². The van der Waals surface area contributed by atoms with Crippen LogP contribution < -0.4 is 9.64 Å². The van der Waals surface area contributed by atoms with Gasteiger partial charge in [0.15, 0.2) is 0 Å². The van der Waals surface area contributed by atoms with Crippen LogP contribution in [-0.4, -0.2) is 55.2 Å². The third-order valence-corrected chi connectivity index (χ3v) is 5.92. The molecule has 0 spiro atoms. The predicted octanol–water partition coefficient (Wildman–Crippen LogP) is 3.24. The number of amides is 1. The smallest absolute Gasteiger partial charge is 0.257 e. The van der Waals surface area contributed by atoms with E-state index in [4.69, 9.17) is 14.7 Å². The Hall–Kier alpha value is -3.49. The monoisotopic (exact) mass is 433 g/mol. The van der Waals surface area contributed by atoms with E-state index in [1.54, 1.807) is 23.3 Å². The maximum Gasteiger partial charge on any atom is 0.257 e. The summed E-state index contributed by atoms with van der Waals surface area (Å²) in [6.45, 7) is 6.95. The van der Waals surface area contributed by atoms with Crippen molar-refractivity contribution in [3.05, 3.63) is 53.7 Å². The van der Waals surface area contributed by atoms with E-state index in [0.29, 0.717) is 42.7 Å². The van der Waals surface area contributed by atoms with Crippen molar-refractivity contribution in [2.24, 2.45) is 0 Å². The van der Waals surface area contributed by atoms with Crippen LogP contribution in [0.25, 0.3) is 0 Å². The molecule has 0 unspecified atom stereocenters. The number of fused-ring (bicyclic) bond motifs is 1. The Morgan fingerprint density at radius 1 is 1.12 bits per heavy atom. The Morgan fingerprint density at radius 3 is 2.69 bits per heavy atom. The summed E-state index contributed by atoms with van der Waals surface area (Å²) in [5.41, 5.74) is 2.40. The maximum absolute atomic E-state index is 13.1. The zero-order chi connectivity index (χ0) is 22.1. The number of nitrogens with zero attached hydrogens (tertiary/aromatic N) is 7. The first-order valence-corrected chi connectivity index (χ1v) is 11.1. The lowest BCUT2D eigenvalue weighted by atomic mass is 10.1. The van der Waals surface area contributed by atoms with Crippen molar-refractivity contribution in [2.45, 2.75) is 45.7 Å². The molecule has 0 saturated carbocycles. The molecule has 0 radical (unpaired) electrons. The van der Waals surface area contributed by atoms with Crippen molar-refractivity contribution in [1.82, 2.24) is 29.6 Å². The van der Waals surface area contributed by atoms with Crippen LogP contribution in [0, 0.1) is 0 Å². The second-order valence-electron chi connectivity index (χ2n) is 8.52. The second kappa shape index (κ2) is 8.57. The largest absolute Gasteiger partial charge is 0.437 e. The first-order valence-electron chi connectivity index (χ1n) is 11.1. The quantitative estimate of drug-likeness (QED) is 0.610. The van der Waals surface area contributed by atoms with Crippen molar-refractivity contribution in [3.8, 4) is 11.6 Å². The highest BCUT2D eigenvalue weighted by molar-refractivity contribution is 5.93. The normalized spacial score (nSPS) is 15.8. The van der Waals surface area contributed by atoms with E-state index in [-0.39, 0.29) is 11.9 Å². The van der Waals surface area contributed by atoms with Crippen molar-refractivity contribution >= 4 is 11.9 Å². The fourth-order valence-corrected chi connectivity index (χ4v) is 4.13. The molecular formula is C23H27N7O2. The highest BCUT2D eigenvalue weighted by Crippen LogP contribution is 2.32. The Labute approximate surface area is 187 Å². The van der Waals surface area contributed by atoms with Gasteiger partial charge in [-0.25, -0.2) is 4.98 Å². The van der Waals surface area contributed by atoms with Gasteiger partial charge >= 0.3 is 0 Å². The number of hydrogen-bond donors (Lipinski definition) is 0. The van der Waals surface area contributed by atoms with E-state index < -0.39 is 0 Å². The molecule has 1 amide bonds. The van der Waals surface area contributed by atoms with Crippen molar-refractivity contribution < 1.29 is 9.53 Å². The summed E-state index contributed by atoms with van der Waals surface area (Å²) in [4.78, 5) is 30.9. The zero-order valence-corrected chi connectivity index (χ0v) is 18.4. The minimum Gasteiger partial charge on any atom is -0.437 e. The van der Waals surface area contributed by atoms with E-state index in [9.17, 15) is 4.79 Å². The summed E-state index contributed by atoms with van der Waals surface area (Å²) in [6, 6.07) is 3.91. The lowest BCUT2D eigenvalue weighted by Crippen LogP contribution is -2.37. The summed E-state index contributed by atoms with van der Waals surface area (Å²) < 4.78 is 7.93. The molecule has 0 aromatic carbocycles. The van der Waals surface area contributed by atoms with Crippen LogP contribution in [0.2, 0.25) is 0 Å². The summed E-state index contributed by atoms with van der Waals surface area (Å²) in [5.74, 6) is 1.84. The SMILES string of the molecule is CC(C)n1cc(C(=O)N2CCc3c(nc(N4CCCC4)nc3Oc3cccnc3)C2)cn1. The number of rotatable bonds is 5. The molecule has 1 saturated heterocycles. The lowest BCUT2D eigenvalue weighted by Gasteiger charge is -2.29. The van der Waals surface area contributed by atoms with Gasteiger partial charge in [0, 0.05) is 43.6 Å². The highest BCUT2D eigenvalue weighted by Gasteiger charge is 2.29. The molecule has 0 bridgehead atoms. The van der Waals surface area contributed by atoms with Gasteiger partial charge in [0.2, 0.25) is 11.8 Å². The molecule has 166 valence electrons. The van der Waals surface area contributed by atoms with Gasteiger partial charge in [0.25, 0.3) is 5.91 Å². The van der Waals surface area contributed by atoms with Crippen LogP contribution >= 0.6 is 0 Å². The number of ether oxygens (including phenoxy) is 1. The second-order valence-corrected chi connectivity index (χ2v) is 8.52. The number of carbonyl (C=O) groups excluding carboxylic acids is 1. The standard InChI is InChI=1S/C23H27N7O2/c1-16(2)30-14-17(12-25-30)22(31)29-11-7-19-20(15-29)26-23(28-9-3-4-10-28)27-21(19)32-18-6-5-8-24-13-18/h5-6,8,12-14,16H,3-4,7,9-11,15H2,1-2H3. The van der Waals surface area contributed by atoms with Crippen molar-refractivity contribution in [1.29, 1.82) is 0 Å². The van der Waals surface area contributed by atoms with Crippen LogP contribution in [-0.2, 0) is 13.0 Å². The van der Waals surface area contributed by atoms with Crippen molar-refractivity contribution in [3.63, 3.8) is 0 Å². The average molecular weight is 434 g/mol. The Bertz CT molecular complexity index is 1110. The van der Waals surface area contributed by atoms with E-state index in [1.807, 2.05) is 37.1 Å². The molecule has 32 heavy (non-hydrogen) atoms. The molecule has 2 aliphatic rings. The topological polar surface area (TPSA) is 89.3 Å². The average Bonchev–Trinajstić information content (AvgIpc) is 3.51. The molecule has 2 aliphatic heterocycles. The van der Waals surface area contributed by atoms with Gasteiger partial charge in [-0.3, -0.25) is 14.5 Å². The van der Waals surface area contributed by atoms with Crippen LogP contribution in [0.5, 0.6) is 11.6 Å². The molecule has 5 rings (SSSR count). The first-order chi connectivity index (χ1) is 15.6. The van der Waals surface area contributed by atoms with Crippen LogP contribution in [0.3, 0.4) is 0 Å². The highest BCUT2D eigenvalue weighted by atomic mass is 16.5. The van der Waals surface area contributed by atoms with E-state index in [0.717, 1.165) is 37.2 Å². The maximum atomic E-state index is 13.1. The lowest BCUT2D eigenvalue weighted by molar-refractivity contribution is 0.0730. The number of carbonyl (C=O) groups is 1. The van der Waals surface area contributed by atoms with Gasteiger partial charge < -0.3 is 14.5 Å². The van der Waals surface area contributed by atoms with E-state index >= 15 is 0 Å². The summed E-state index contributed by atoms with van der Waals surface area (Å²) in [7, 11) is 0. The van der Waals surface area contributed by atoms with Crippen LogP contribution in [0.1, 0.15) is 54.3 Å². The molecule has 0 N–H and O–H groups in total. The Morgan fingerprint density at radius 2 is 1.97 bits per heavy atom. The predicted molar refractivity (Wildman–Crippen MR) is 119 cm³/mol. The van der Waals surface area contributed by atoms with Gasteiger partial charge in [-0.1, -0.05) is 0 Å². The minimum atomic E-state index is -0.0291. The molecule has 3 aromatic rings. The fourth-order valence-electron chi connectivity index (χ4n) is 4.13.